The molecule has 3 rings (SSSR count). The fourth-order valence-corrected chi connectivity index (χ4v) is 2.61. The highest BCUT2D eigenvalue weighted by atomic mass is 16.2. The van der Waals surface area contributed by atoms with Crippen molar-refractivity contribution in [2.24, 2.45) is 14.1 Å². The quantitative estimate of drug-likeness (QED) is 0.753. The number of nitrogens with zero attached hydrogens (tertiary/aromatic N) is 4. The van der Waals surface area contributed by atoms with Crippen molar-refractivity contribution in [3.05, 3.63) is 57.0 Å². The van der Waals surface area contributed by atoms with Crippen molar-refractivity contribution >= 4 is 22.8 Å². The minimum Gasteiger partial charge on any atom is -0.324 e. The van der Waals surface area contributed by atoms with Crippen molar-refractivity contribution in [1.29, 1.82) is 0 Å². The van der Waals surface area contributed by atoms with E-state index < -0.39 is 11.2 Å². The number of hydrogen-bond donors (Lipinski definition) is 1. The molecule has 124 valence electrons. The van der Waals surface area contributed by atoms with Gasteiger partial charge in [0.05, 0.1) is 6.33 Å². The van der Waals surface area contributed by atoms with Crippen molar-refractivity contribution in [2.45, 2.75) is 13.5 Å². The molecular formula is C16H17N5O3. The first kappa shape index (κ1) is 15.7. The SMILES string of the molecule is Cc1ccccc1NC(=O)Cn1cnc2c(=O)n(C)c(=O)n(C)c21. The molecule has 0 atom stereocenters. The largest absolute Gasteiger partial charge is 0.332 e. The maximum atomic E-state index is 12.3. The van der Waals surface area contributed by atoms with Gasteiger partial charge in [-0.15, -0.1) is 0 Å². The first-order chi connectivity index (χ1) is 11.4. The summed E-state index contributed by atoms with van der Waals surface area (Å²) in [4.78, 5) is 40.5. The zero-order chi connectivity index (χ0) is 17.4. The molecule has 1 N–H and O–H groups in total. The van der Waals surface area contributed by atoms with Gasteiger partial charge in [-0.25, -0.2) is 9.78 Å². The molecule has 0 radical (unpaired) electrons. The number of anilines is 1. The van der Waals surface area contributed by atoms with Crippen molar-refractivity contribution in [3.8, 4) is 0 Å². The Kier molecular flexibility index (Phi) is 3.80. The number of hydrogen-bond acceptors (Lipinski definition) is 4. The molecule has 0 saturated heterocycles. The molecule has 0 unspecified atom stereocenters. The molecule has 8 heteroatoms. The smallest absolute Gasteiger partial charge is 0.324 e. The van der Waals surface area contributed by atoms with Gasteiger partial charge in [0.25, 0.3) is 5.56 Å². The van der Waals surface area contributed by atoms with Crippen LogP contribution >= 0.6 is 0 Å². The van der Waals surface area contributed by atoms with Crippen molar-refractivity contribution in [3.63, 3.8) is 0 Å². The monoisotopic (exact) mass is 327 g/mol. The van der Waals surface area contributed by atoms with Crippen LogP contribution in [0.4, 0.5) is 5.69 Å². The van der Waals surface area contributed by atoms with E-state index in [-0.39, 0.29) is 18.0 Å². The van der Waals surface area contributed by atoms with E-state index in [2.05, 4.69) is 10.3 Å². The van der Waals surface area contributed by atoms with Crippen LogP contribution in [-0.2, 0) is 25.4 Å². The van der Waals surface area contributed by atoms with Crippen molar-refractivity contribution in [1.82, 2.24) is 18.7 Å². The van der Waals surface area contributed by atoms with E-state index in [4.69, 9.17) is 0 Å². The van der Waals surface area contributed by atoms with E-state index in [9.17, 15) is 14.4 Å². The van der Waals surface area contributed by atoms with E-state index in [0.29, 0.717) is 5.65 Å². The minimum absolute atomic E-state index is 0.0503. The number of nitrogens with one attached hydrogen (secondary N) is 1. The Morgan fingerprint density at radius 3 is 2.58 bits per heavy atom. The fourth-order valence-electron chi connectivity index (χ4n) is 2.61. The Bertz CT molecular complexity index is 1060. The van der Waals surface area contributed by atoms with Gasteiger partial charge in [-0.05, 0) is 18.6 Å². The highest BCUT2D eigenvalue weighted by Gasteiger charge is 2.16. The summed E-state index contributed by atoms with van der Waals surface area (Å²) in [5.74, 6) is -0.267. The van der Waals surface area contributed by atoms with Gasteiger partial charge < -0.3 is 9.88 Å². The fraction of sp³-hybridized carbons (Fsp3) is 0.250. The number of fused-ring (bicyclic) bond motifs is 1. The summed E-state index contributed by atoms with van der Waals surface area (Å²) in [5.41, 5.74) is 1.20. The van der Waals surface area contributed by atoms with Crippen LogP contribution in [0, 0.1) is 6.92 Å². The molecule has 2 aromatic heterocycles. The van der Waals surface area contributed by atoms with Crippen LogP contribution in [-0.4, -0.2) is 24.6 Å². The van der Waals surface area contributed by atoms with Crippen LogP contribution in [0.3, 0.4) is 0 Å². The molecule has 3 aromatic rings. The number of amides is 1. The summed E-state index contributed by atoms with van der Waals surface area (Å²) < 4.78 is 3.80. The first-order valence-electron chi connectivity index (χ1n) is 7.36. The number of rotatable bonds is 3. The first-order valence-corrected chi connectivity index (χ1v) is 7.36. The van der Waals surface area contributed by atoms with Gasteiger partial charge >= 0.3 is 5.69 Å². The average Bonchev–Trinajstić information content (AvgIpc) is 2.96. The Morgan fingerprint density at radius 1 is 1.17 bits per heavy atom. The summed E-state index contributed by atoms with van der Waals surface area (Å²) in [6.07, 6.45) is 1.39. The van der Waals surface area contributed by atoms with Crippen LogP contribution in [0.1, 0.15) is 5.56 Å². The molecule has 0 saturated carbocycles. The second kappa shape index (κ2) is 5.80. The van der Waals surface area contributed by atoms with Crippen LogP contribution < -0.4 is 16.6 Å². The van der Waals surface area contributed by atoms with Crippen LogP contribution in [0.25, 0.3) is 11.2 Å². The van der Waals surface area contributed by atoms with Gasteiger partial charge in [-0.1, -0.05) is 18.2 Å². The Hall–Kier alpha value is -3.16. The van der Waals surface area contributed by atoms with Crippen LogP contribution in [0.2, 0.25) is 0 Å². The molecule has 8 nitrogen and oxygen atoms in total. The molecule has 0 aliphatic heterocycles. The second-order valence-corrected chi connectivity index (χ2v) is 5.61. The van der Waals surface area contributed by atoms with Gasteiger partial charge in [0, 0.05) is 19.8 Å². The highest BCUT2D eigenvalue weighted by Crippen LogP contribution is 2.13. The molecule has 24 heavy (non-hydrogen) atoms. The zero-order valence-electron chi connectivity index (χ0n) is 13.6. The summed E-state index contributed by atoms with van der Waals surface area (Å²) in [5, 5.41) is 2.81. The molecule has 0 bridgehead atoms. The molecule has 0 fully saturated rings. The third-order valence-electron chi connectivity index (χ3n) is 3.94. The topological polar surface area (TPSA) is 90.9 Å². The van der Waals surface area contributed by atoms with Gasteiger partial charge in [-0.2, -0.15) is 0 Å². The maximum absolute atomic E-state index is 12.3. The van der Waals surface area contributed by atoms with Crippen molar-refractivity contribution in [2.75, 3.05) is 5.32 Å². The van der Waals surface area contributed by atoms with E-state index in [0.717, 1.165) is 15.8 Å². The number of carbonyl (C=O) groups excluding carboxylic acids is 1. The Balaban J connectivity index is 1.97. The molecule has 1 aromatic carbocycles. The number of aryl methyl sites for hydroxylation is 2. The van der Waals surface area contributed by atoms with Crippen LogP contribution in [0.15, 0.2) is 40.2 Å². The molecule has 2 heterocycles. The van der Waals surface area contributed by atoms with Gasteiger partial charge in [0.2, 0.25) is 5.91 Å². The van der Waals surface area contributed by atoms with Crippen molar-refractivity contribution < 1.29 is 4.79 Å². The molecule has 0 aliphatic rings. The highest BCUT2D eigenvalue weighted by molar-refractivity contribution is 5.92. The number of benzene rings is 1. The lowest BCUT2D eigenvalue weighted by atomic mass is 10.2. The summed E-state index contributed by atoms with van der Waals surface area (Å²) in [6.45, 7) is 1.85. The summed E-state index contributed by atoms with van der Waals surface area (Å²) in [6, 6.07) is 7.43. The van der Waals surface area contributed by atoms with E-state index >= 15 is 0 Å². The lowest BCUT2D eigenvalue weighted by molar-refractivity contribution is -0.116. The lowest BCUT2D eigenvalue weighted by Gasteiger charge is -2.10. The predicted octanol–water partition coefficient (Wildman–Crippen LogP) is 0.381. The number of aromatic nitrogens is 4. The number of para-hydroxylation sites is 1. The second-order valence-electron chi connectivity index (χ2n) is 5.61. The maximum Gasteiger partial charge on any atom is 0.332 e. The zero-order valence-corrected chi connectivity index (χ0v) is 13.6. The summed E-state index contributed by atoms with van der Waals surface area (Å²) in [7, 11) is 2.94. The average molecular weight is 327 g/mol. The van der Waals surface area contributed by atoms with E-state index in [1.807, 2.05) is 31.2 Å². The summed E-state index contributed by atoms with van der Waals surface area (Å²) >= 11 is 0. The molecular weight excluding hydrogens is 310 g/mol. The van der Waals surface area contributed by atoms with Crippen LogP contribution in [0.5, 0.6) is 0 Å². The molecule has 1 amide bonds. The minimum atomic E-state index is -0.480. The molecule has 0 spiro atoms. The third-order valence-corrected chi connectivity index (χ3v) is 3.94. The lowest BCUT2D eigenvalue weighted by Crippen LogP contribution is -2.37. The predicted molar refractivity (Wildman–Crippen MR) is 90.0 cm³/mol. The standard InChI is InChI=1S/C16H17N5O3/c1-10-6-4-5-7-11(10)18-12(22)8-21-9-17-13-14(21)19(2)16(24)20(3)15(13)23/h4-7,9H,8H2,1-3H3,(H,18,22). The van der Waals surface area contributed by atoms with Gasteiger partial charge in [0.15, 0.2) is 5.52 Å². The Morgan fingerprint density at radius 2 is 1.88 bits per heavy atom. The van der Waals surface area contributed by atoms with E-state index in [1.54, 1.807) is 7.05 Å². The normalized spacial score (nSPS) is 11.0. The van der Waals surface area contributed by atoms with E-state index in [1.165, 1.54) is 22.5 Å². The molecule has 0 aliphatic carbocycles. The number of imidazole rings is 1. The van der Waals surface area contributed by atoms with Gasteiger partial charge in [0.1, 0.15) is 12.2 Å². The third kappa shape index (κ3) is 2.51. The Labute approximate surface area is 137 Å². The van der Waals surface area contributed by atoms with Gasteiger partial charge in [-0.3, -0.25) is 18.7 Å². The number of carbonyl (C=O) groups is 1.